The van der Waals surface area contributed by atoms with E-state index in [0.29, 0.717) is 15.2 Å². The Balaban J connectivity index is 1.47. The number of carbonyl (C=O) groups excluding carboxylic acids is 2. The van der Waals surface area contributed by atoms with Gasteiger partial charge in [0.1, 0.15) is 5.75 Å². The average molecular weight is 476 g/mol. The third kappa shape index (κ3) is 7.58. The number of alkyl halides is 3. The van der Waals surface area contributed by atoms with Crippen molar-refractivity contribution in [2.45, 2.75) is 54.6 Å². The van der Waals surface area contributed by atoms with E-state index in [4.69, 9.17) is 0 Å². The number of imide groups is 1. The van der Waals surface area contributed by atoms with Gasteiger partial charge in [0.2, 0.25) is 11.0 Å². The van der Waals surface area contributed by atoms with Gasteiger partial charge in [-0.15, -0.1) is 23.4 Å². The first kappa shape index (κ1) is 23.1. The highest BCUT2D eigenvalue weighted by atomic mass is 32.2. The largest absolute Gasteiger partial charge is 0.573 e. The van der Waals surface area contributed by atoms with Gasteiger partial charge in [-0.1, -0.05) is 35.9 Å². The van der Waals surface area contributed by atoms with Crippen molar-refractivity contribution in [3.8, 4) is 5.75 Å². The summed E-state index contributed by atoms with van der Waals surface area (Å²) in [6.07, 6.45) is -0.760. The first-order valence-corrected chi connectivity index (χ1v) is 11.1. The Morgan fingerprint density at radius 1 is 1.19 bits per heavy atom. The van der Waals surface area contributed by atoms with Gasteiger partial charge in [0.15, 0.2) is 4.34 Å². The summed E-state index contributed by atoms with van der Waals surface area (Å²) in [7, 11) is 0. The van der Waals surface area contributed by atoms with Gasteiger partial charge in [0, 0.05) is 11.7 Å². The van der Waals surface area contributed by atoms with E-state index >= 15 is 0 Å². The van der Waals surface area contributed by atoms with E-state index < -0.39 is 23.6 Å². The first-order valence-electron chi connectivity index (χ1n) is 9.42. The molecule has 1 aliphatic carbocycles. The second-order valence-electron chi connectivity index (χ2n) is 6.77. The molecule has 1 atom stereocenters. The number of amides is 3. The number of nitrogens with one attached hydrogen (secondary N) is 3. The maximum Gasteiger partial charge on any atom is 0.573 e. The Morgan fingerprint density at radius 3 is 2.52 bits per heavy atom. The molecule has 1 heterocycles. The third-order valence-corrected chi connectivity index (χ3v) is 6.34. The van der Waals surface area contributed by atoms with Crippen LogP contribution in [0.25, 0.3) is 0 Å². The lowest BCUT2D eigenvalue weighted by atomic mass is 10.2. The number of carbonyl (C=O) groups is 2. The van der Waals surface area contributed by atoms with Crippen molar-refractivity contribution < 1.29 is 27.5 Å². The molecule has 3 rings (SSSR count). The van der Waals surface area contributed by atoms with Gasteiger partial charge in [-0.05, 0) is 44.0 Å². The number of ether oxygens (including phenoxy) is 1. The summed E-state index contributed by atoms with van der Waals surface area (Å²) in [5, 5.41) is 15.8. The minimum atomic E-state index is -4.75. The number of rotatable bonds is 7. The molecule has 1 aliphatic rings. The first-order chi connectivity index (χ1) is 14.7. The second-order valence-corrected chi connectivity index (χ2v) is 9.34. The van der Waals surface area contributed by atoms with Crippen LogP contribution in [0.15, 0.2) is 28.6 Å². The Bertz CT molecular complexity index is 902. The van der Waals surface area contributed by atoms with Crippen LogP contribution < -0.4 is 20.7 Å². The quantitative estimate of drug-likeness (QED) is 0.509. The molecule has 0 radical (unpaired) electrons. The van der Waals surface area contributed by atoms with Crippen molar-refractivity contribution in [3.05, 3.63) is 24.3 Å². The van der Waals surface area contributed by atoms with Gasteiger partial charge in [-0.25, -0.2) is 4.79 Å². The molecule has 13 heteroatoms. The Morgan fingerprint density at radius 2 is 1.87 bits per heavy atom. The summed E-state index contributed by atoms with van der Waals surface area (Å²) in [5.41, 5.74) is 0.497. The van der Waals surface area contributed by atoms with Crippen LogP contribution in [0.4, 0.5) is 28.8 Å². The number of anilines is 2. The van der Waals surface area contributed by atoms with Crippen molar-refractivity contribution in [2.24, 2.45) is 0 Å². The monoisotopic (exact) mass is 475 g/mol. The molecule has 1 aromatic carbocycles. The van der Waals surface area contributed by atoms with Crippen LogP contribution in [0.1, 0.15) is 32.6 Å². The molecular formula is C18H20F3N5O3S2. The van der Waals surface area contributed by atoms with Crippen molar-refractivity contribution in [2.75, 3.05) is 5.32 Å². The van der Waals surface area contributed by atoms with E-state index in [2.05, 4.69) is 30.9 Å². The molecule has 1 saturated carbocycles. The smallest absolute Gasteiger partial charge is 0.406 e. The predicted octanol–water partition coefficient (Wildman–Crippen LogP) is 4.43. The molecule has 1 aromatic heterocycles. The van der Waals surface area contributed by atoms with Gasteiger partial charge in [-0.2, -0.15) is 0 Å². The number of nitrogens with zero attached hydrogens (tertiary/aromatic N) is 2. The predicted molar refractivity (Wildman–Crippen MR) is 111 cm³/mol. The number of halogens is 3. The molecule has 0 aliphatic heterocycles. The topological polar surface area (TPSA) is 105 Å². The molecule has 3 amide bonds. The van der Waals surface area contributed by atoms with Crippen LogP contribution >= 0.6 is 23.1 Å². The van der Waals surface area contributed by atoms with Crippen molar-refractivity contribution in [1.29, 1.82) is 0 Å². The van der Waals surface area contributed by atoms with Gasteiger partial charge < -0.3 is 15.4 Å². The molecule has 1 unspecified atom stereocenters. The second kappa shape index (κ2) is 10.2. The number of hydrogen-bond acceptors (Lipinski definition) is 8. The molecule has 2 aromatic rings. The van der Waals surface area contributed by atoms with Gasteiger partial charge in [-0.3, -0.25) is 10.1 Å². The van der Waals surface area contributed by atoms with Crippen molar-refractivity contribution >= 4 is 45.9 Å². The summed E-state index contributed by atoms with van der Waals surface area (Å²) < 4.78 is 40.9. The molecule has 31 heavy (non-hydrogen) atoms. The van der Waals surface area contributed by atoms with E-state index in [1.807, 2.05) is 0 Å². The Labute approximate surface area is 184 Å². The van der Waals surface area contributed by atoms with Gasteiger partial charge >= 0.3 is 12.4 Å². The standard InChI is InChI=1S/C18H20F3N5O3S2/c1-10(14(27)24-15(28)22-11-4-2-3-5-11)30-17-26-25-16(31-17)23-12-6-8-13(9-7-12)29-18(19,20)21/h6-11H,2-5H2,1H3,(H,23,25)(H2,22,24,27,28). The molecule has 8 nitrogen and oxygen atoms in total. The highest BCUT2D eigenvalue weighted by molar-refractivity contribution is 8.02. The fraction of sp³-hybridized carbons (Fsp3) is 0.444. The molecule has 0 spiro atoms. The zero-order valence-electron chi connectivity index (χ0n) is 16.4. The normalized spacial score (nSPS) is 15.4. The lowest BCUT2D eigenvalue weighted by Gasteiger charge is -2.14. The van der Waals surface area contributed by atoms with E-state index in [9.17, 15) is 22.8 Å². The lowest BCUT2D eigenvalue weighted by Crippen LogP contribution is -2.45. The Kier molecular flexibility index (Phi) is 7.59. The summed E-state index contributed by atoms with van der Waals surface area (Å²) in [4.78, 5) is 24.1. The molecule has 1 fully saturated rings. The van der Waals surface area contributed by atoms with Gasteiger partial charge in [0.05, 0.1) is 5.25 Å². The van der Waals surface area contributed by atoms with E-state index in [-0.39, 0.29) is 11.8 Å². The fourth-order valence-corrected chi connectivity index (χ4v) is 4.80. The number of urea groups is 1. The number of benzene rings is 1. The van der Waals surface area contributed by atoms with E-state index in [1.165, 1.54) is 35.6 Å². The fourth-order valence-electron chi connectivity index (χ4n) is 2.88. The minimum Gasteiger partial charge on any atom is -0.406 e. The highest BCUT2D eigenvalue weighted by Gasteiger charge is 2.31. The molecule has 0 bridgehead atoms. The molecule has 168 valence electrons. The highest BCUT2D eigenvalue weighted by Crippen LogP contribution is 2.31. The van der Waals surface area contributed by atoms with Crippen molar-refractivity contribution in [1.82, 2.24) is 20.8 Å². The van der Waals surface area contributed by atoms with E-state index in [1.54, 1.807) is 6.92 Å². The molecular weight excluding hydrogens is 455 g/mol. The Hall–Kier alpha value is -2.54. The van der Waals surface area contributed by atoms with Crippen LogP contribution in [0, 0.1) is 0 Å². The van der Waals surface area contributed by atoms with Crippen LogP contribution in [-0.4, -0.2) is 39.8 Å². The van der Waals surface area contributed by atoms with Crippen LogP contribution in [0.2, 0.25) is 0 Å². The third-order valence-electron chi connectivity index (χ3n) is 4.32. The number of thioether (sulfide) groups is 1. The van der Waals surface area contributed by atoms with Crippen molar-refractivity contribution in [3.63, 3.8) is 0 Å². The summed E-state index contributed by atoms with van der Waals surface area (Å²) in [5.74, 6) is -0.770. The summed E-state index contributed by atoms with van der Waals surface area (Å²) in [6, 6.07) is 4.79. The maximum atomic E-state index is 12.2. The summed E-state index contributed by atoms with van der Waals surface area (Å²) >= 11 is 2.31. The minimum absolute atomic E-state index is 0.113. The van der Waals surface area contributed by atoms with Crippen LogP contribution in [-0.2, 0) is 4.79 Å². The average Bonchev–Trinajstić information content (AvgIpc) is 3.34. The van der Waals surface area contributed by atoms with Crippen LogP contribution in [0.5, 0.6) is 5.75 Å². The molecule has 0 saturated heterocycles. The maximum absolute atomic E-state index is 12.2. The summed E-state index contributed by atoms with van der Waals surface area (Å²) in [6.45, 7) is 1.65. The number of aromatic nitrogens is 2. The lowest BCUT2D eigenvalue weighted by molar-refractivity contribution is -0.274. The molecule has 3 N–H and O–H groups in total. The van der Waals surface area contributed by atoms with Crippen LogP contribution in [0.3, 0.4) is 0 Å². The zero-order chi connectivity index (χ0) is 22.4. The van der Waals surface area contributed by atoms with E-state index in [0.717, 1.165) is 37.4 Å². The SMILES string of the molecule is CC(Sc1nnc(Nc2ccc(OC(F)(F)F)cc2)s1)C(=O)NC(=O)NC1CCCC1. The number of hydrogen-bond donors (Lipinski definition) is 3. The zero-order valence-corrected chi connectivity index (χ0v) is 18.0. The van der Waals surface area contributed by atoms with Gasteiger partial charge in [0.25, 0.3) is 0 Å².